The molecule has 1 aliphatic rings. The van der Waals surface area contributed by atoms with Gasteiger partial charge in [0, 0.05) is 25.5 Å². The molecule has 0 saturated heterocycles. The Kier molecular flexibility index (Phi) is 24.1. The first kappa shape index (κ1) is 33.4. The standard InChI is InChI=1S/C34H68N2/c1-4-7-10-12-14-16-17-18-19-20-22-24-26-28-31-36-33-32-35(34(36)29-9-6-3)30-27-25-23-21-15-13-11-8-5-2/h32-34H,4-31H2,1-3H3. The molecule has 0 amide bonds. The third-order valence-electron chi connectivity index (χ3n) is 8.32. The maximum atomic E-state index is 2.67. The van der Waals surface area contributed by atoms with Crippen molar-refractivity contribution in [1.82, 2.24) is 9.80 Å². The summed E-state index contributed by atoms with van der Waals surface area (Å²) in [7, 11) is 0. The molecule has 0 saturated carbocycles. The van der Waals surface area contributed by atoms with E-state index in [1.54, 1.807) is 0 Å². The van der Waals surface area contributed by atoms with E-state index in [4.69, 9.17) is 0 Å². The Morgan fingerprint density at radius 2 is 0.639 bits per heavy atom. The van der Waals surface area contributed by atoms with Gasteiger partial charge in [-0.25, -0.2) is 0 Å². The molecule has 0 N–H and O–H groups in total. The highest BCUT2D eigenvalue weighted by atomic mass is 15.4. The lowest BCUT2D eigenvalue weighted by Gasteiger charge is -2.33. The molecule has 0 radical (unpaired) electrons. The molecule has 2 nitrogen and oxygen atoms in total. The van der Waals surface area contributed by atoms with Gasteiger partial charge in [0.05, 0.1) is 0 Å². The zero-order valence-electron chi connectivity index (χ0n) is 25.4. The van der Waals surface area contributed by atoms with Crippen LogP contribution >= 0.6 is 0 Å². The predicted octanol–water partition coefficient (Wildman–Crippen LogP) is 11.6. The normalized spacial score (nSPS) is 15.5. The lowest BCUT2D eigenvalue weighted by atomic mass is 10.0. The summed E-state index contributed by atoms with van der Waals surface area (Å²) >= 11 is 0. The molecule has 0 aromatic rings. The Balaban J connectivity index is 2.03. The molecule has 1 unspecified atom stereocenters. The summed E-state index contributed by atoms with van der Waals surface area (Å²) in [5.41, 5.74) is 0. The molecule has 0 bridgehead atoms. The fourth-order valence-corrected chi connectivity index (χ4v) is 5.82. The van der Waals surface area contributed by atoms with Gasteiger partial charge in [-0.3, -0.25) is 0 Å². The Hall–Kier alpha value is -0.660. The van der Waals surface area contributed by atoms with Gasteiger partial charge >= 0.3 is 0 Å². The summed E-state index contributed by atoms with van der Waals surface area (Å²) in [5.74, 6) is 0. The SMILES string of the molecule is CCCCCCCCCCCCCCCCN1C=CN(CCCCCCCCCCC)C1CCCC. The van der Waals surface area contributed by atoms with Gasteiger partial charge in [-0.15, -0.1) is 0 Å². The van der Waals surface area contributed by atoms with Crippen LogP contribution in [0.2, 0.25) is 0 Å². The van der Waals surface area contributed by atoms with Gasteiger partial charge in [0.25, 0.3) is 0 Å². The molecular formula is C34H68N2. The van der Waals surface area contributed by atoms with Crippen LogP contribution in [0.25, 0.3) is 0 Å². The van der Waals surface area contributed by atoms with Crippen LogP contribution in [0, 0.1) is 0 Å². The highest BCUT2D eigenvalue weighted by Crippen LogP contribution is 2.23. The molecule has 0 spiro atoms. The lowest BCUT2D eigenvalue weighted by molar-refractivity contribution is 0.136. The molecule has 0 aliphatic carbocycles. The van der Waals surface area contributed by atoms with Gasteiger partial charge in [-0.2, -0.15) is 0 Å². The Morgan fingerprint density at radius 1 is 0.361 bits per heavy atom. The number of rotatable bonds is 28. The van der Waals surface area contributed by atoms with Crippen LogP contribution in [0.3, 0.4) is 0 Å². The molecule has 1 atom stereocenters. The molecule has 0 aromatic carbocycles. The van der Waals surface area contributed by atoms with E-state index in [2.05, 4.69) is 43.0 Å². The lowest BCUT2D eigenvalue weighted by Crippen LogP contribution is -2.39. The van der Waals surface area contributed by atoms with Gasteiger partial charge in [0.1, 0.15) is 6.17 Å². The second kappa shape index (κ2) is 26.0. The number of hydrogen-bond donors (Lipinski definition) is 0. The molecule has 2 heteroatoms. The van der Waals surface area contributed by atoms with Crippen molar-refractivity contribution in [3.63, 3.8) is 0 Å². The van der Waals surface area contributed by atoms with Crippen molar-refractivity contribution >= 4 is 0 Å². The van der Waals surface area contributed by atoms with E-state index >= 15 is 0 Å². The quantitative estimate of drug-likeness (QED) is 0.0977. The highest BCUT2D eigenvalue weighted by Gasteiger charge is 2.24. The highest BCUT2D eigenvalue weighted by molar-refractivity contribution is 4.96. The van der Waals surface area contributed by atoms with E-state index in [1.807, 2.05) is 0 Å². The van der Waals surface area contributed by atoms with Crippen molar-refractivity contribution in [2.75, 3.05) is 13.1 Å². The number of nitrogens with zero attached hydrogens (tertiary/aromatic N) is 2. The first-order valence-electron chi connectivity index (χ1n) is 17.0. The van der Waals surface area contributed by atoms with Crippen molar-refractivity contribution < 1.29 is 0 Å². The van der Waals surface area contributed by atoms with Crippen LogP contribution in [0.4, 0.5) is 0 Å². The molecular weight excluding hydrogens is 436 g/mol. The minimum Gasteiger partial charge on any atom is -0.356 e. The zero-order valence-corrected chi connectivity index (χ0v) is 25.4. The number of hydrogen-bond acceptors (Lipinski definition) is 2. The molecule has 0 aromatic heterocycles. The molecule has 0 fully saturated rings. The largest absolute Gasteiger partial charge is 0.356 e. The van der Waals surface area contributed by atoms with Crippen molar-refractivity contribution in [2.45, 2.75) is 194 Å². The van der Waals surface area contributed by atoms with Crippen molar-refractivity contribution in [2.24, 2.45) is 0 Å². The minimum atomic E-state index is 0.640. The average Bonchev–Trinajstić information content (AvgIpc) is 3.27. The minimum absolute atomic E-state index is 0.640. The van der Waals surface area contributed by atoms with E-state index in [0.29, 0.717) is 6.17 Å². The Morgan fingerprint density at radius 3 is 0.944 bits per heavy atom. The summed E-state index contributed by atoms with van der Waals surface area (Å²) in [6.07, 6.45) is 42.5. The molecule has 36 heavy (non-hydrogen) atoms. The average molecular weight is 505 g/mol. The third-order valence-corrected chi connectivity index (χ3v) is 8.32. The Labute approximate surface area is 229 Å². The second-order valence-corrected chi connectivity index (χ2v) is 11.8. The fourth-order valence-electron chi connectivity index (χ4n) is 5.82. The maximum absolute atomic E-state index is 2.67. The van der Waals surface area contributed by atoms with E-state index in [1.165, 1.54) is 180 Å². The number of unbranched alkanes of at least 4 members (excludes halogenated alkanes) is 22. The smallest absolute Gasteiger partial charge is 0.101 e. The first-order chi connectivity index (χ1) is 17.8. The summed E-state index contributed by atoms with van der Waals surface area (Å²) in [6.45, 7) is 9.47. The maximum Gasteiger partial charge on any atom is 0.101 e. The zero-order chi connectivity index (χ0) is 25.9. The van der Waals surface area contributed by atoms with Crippen LogP contribution in [-0.4, -0.2) is 29.1 Å². The molecule has 214 valence electrons. The van der Waals surface area contributed by atoms with E-state index in [9.17, 15) is 0 Å². The predicted molar refractivity (Wildman–Crippen MR) is 163 cm³/mol. The third kappa shape index (κ3) is 18.6. The van der Waals surface area contributed by atoms with Gasteiger partial charge < -0.3 is 9.80 Å². The van der Waals surface area contributed by atoms with Crippen LogP contribution in [0.1, 0.15) is 188 Å². The fraction of sp³-hybridized carbons (Fsp3) is 0.941. The van der Waals surface area contributed by atoms with Crippen molar-refractivity contribution in [3.8, 4) is 0 Å². The first-order valence-corrected chi connectivity index (χ1v) is 17.0. The topological polar surface area (TPSA) is 6.48 Å². The summed E-state index contributed by atoms with van der Waals surface area (Å²) in [4.78, 5) is 5.34. The Bertz CT molecular complexity index is 460. The summed E-state index contributed by atoms with van der Waals surface area (Å²) in [5, 5.41) is 0. The van der Waals surface area contributed by atoms with Crippen LogP contribution in [0.5, 0.6) is 0 Å². The van der Waals surface area contributed by atoms with Crippen molar-refractivity contribution in [1.29, 1.82) is 0 Å². The second-order valence-electron chi connectivity index (χ2n) is 11.8. The molecule has 1 heterocycles. The van der Waals surface area contributed by atoms with Crippen LogP contribution < -0.4 is 0 Å². The van der Waals surface area contributed by atoms with E-state index in [-0.39, 0.29) is 0 Å². The van der Waals surface area contributed by atoms with Gasteiger partial charge in [0.15, 0.2) is 0 Å². The molecule has 1 rings (SSSR count). The monoisotopic (exact) mass is 505 g/mol. The molecule has 1 aliphatic heterocycles. The van der Waals surface area contributed by atoms with E-state index in [0.717, 1.165) is 0 Å². The van der Waals surface area contributed by atoms with Crippen LogP contribution in [-0.2, 0) is 0 Å². The summed E-state index contributed by atoms with van der Waals surface area (Å²) < 4.78 is 0. The van der Waals surface area contributed by atoms with Gasteiger partial charge in [-0.05, 0) is 25.7 Å². The van der Waals surface area contributed by atoms with Gasteiger partial charge in [0.2, 0.25) is 0 Å². The summed E-state index contributed by atoms with van der Waals surface area (Å²) in [6, 6.07) is 0. The van der Waals surface area contributed by atoms with Gasteiger partial charge in [-0.1, -0.05) is 162 Å². The van der Waals surface area contributed by atoms with Crippen molar-refractivity contribution in [3.05, 3.63) is 12.4 Å². The van der Waals surface area contributed by atoms with Crippen LogP contribution in [0.15, 0.2) is 12.4 Å². The van der Waals surface area contributed by atoms with E-state index < -0.39 is 0 Å².